The second kappa shape index (κ2) is 7.32. The van der Waals surface area contributed by atoms with Gasteiger partial charge in [-0.3, -0.25) is 0 Å². The number of urea groups is 1. The molecule has 1 heterocycles. The van der Waals surface area contributed by atoms with Crippen molar-refractivity contribution in [1.82, 2.24) is 15.5 Å². The molecule has 126 valence electrons. The first-order valence-electron chi connectivity index (χ1n) is 8.66. The molecule has 3 unspecified atom stereocenters. The number of nitrogens with zero attached hydrogens (tertiary/aromatic N) is 1. The number of benzene rings is 1. The van der Waals surface area contributed by atoms with Gasteiger partial charge >= 0.3 is 6.03 Å². The summed E-state index contributed by atoms with van der Waals surface area (Å²) in [5.41, 5.74) is 2.15. The number of rotatable bonds is 4. The maximum absolute atomic E-state index is 12.1. The quantitative estimate of drug-likeness (QED) is 0.791. The molecule has 5 nitrogen and oxygen atoms in total. The zero-order chi connectivity index (χ0) is 16.2. The van der Waals surface area contributed by atoms with Crippen LogP contribution in [-0.4, -0.2) is 48.3 Å². The summed E-state index contributed by atoms with van der Waals surface area (Å²) in [4.78, 5) is 14.5. The molecule has 1 aromatic rings. The summed E-state index contributed by atoms with van der Waals surface area (Å²) in [5.74, 6) is 0.753. The largest absolute Gasteiger partial charge is 0.390 e. The van der Waals surface area contributed by atoms with Gasteiger partial charge < -0.3 is 20.6 Å². The van der Waals surface area contributed by atoms with Gasteiger partial charge in [-0.2, -0.15) is 0 Å². The van der Waals surface area contributed by atoms with Crippen molar-refractivity contribution in [3.8, 4) is 0 Å². The molecule has 2 aliphatic rings. The number of nitrogens with one attached hydrogen (secondary N) is 2. The van der Waals surface area contributed by atoms with E-state index in [-0.39, 0.29) is 12.1 Å². The molecule has 0 aromatic heterocycles. The molecule has 5 heteroatoms. The molecule has 1 aliphatic carbocycles. The average Bonchev–Trinajstić information content (AvgIpc) is 2.83. The summed E-state index contributed by atoms with van der Waals surface area (Å²) in [7, 11) is 0. The fourth-order valence-electron chi connectivity index (χ4n) is 3.76. The van der Waals surface area contributed by atoms with E-state index < -0.39 is 6.10 Å². The van der Waals surface area contributed by atoms with Gasteiger partial charge in [0.05, 0.1) is 12.1 Å². The Bertz CT molecular complexity index is 549. The fraction of sp³-hybridized carbons (Fsp3) is 0.611. The Morgan fingerprint density at radius 1 is 1.39 bits per heavy atom. The van der Waals surface area contributed by atoms with Gasteiger partial charge in [-0.05, 0) is 36.4 Å². The monoisotopic (exact) mass is 317 g/mol. The maximum atomic E-state index is 12.1. The molecule has 1 aliphatic heterocycles. The maximum Gasteiger partial charge on any atom is 0.315 e. The van der Waals surface area contributed by atoms with Crippen LogP contribution in [0.5, 0.6) is 0 Å². The van der Waals surface area contributed by atoms with E-state index in [1.807, 2.05) is 24.3 Å². The van der Waals surface area contributed by atoms with E-state index in [0.717, 1.165) is 36.7 Å². The van der Waals surface area contributed by atoms with Gasteiger partial charge in [-0.15, -0.1) is 0 Å². The predicted molar refractivity (Wildman–Crippen MR) is 90.3 cm³/mol. The van der Waals surface area contributed by atoms with Crippen molar-refractivity contribution in [2.24, 2.45) is 5.92 Å². The lowest BCUT2D eigenvalue weighted by Gasteiger charge is -2.30. The smallest absolute Gasteiger partial charge is 0.315 e. The van der Waals surface area contributed by atoms with E-state index in [2.05, 4.69) is 22.5 Å². The van der Waals surface area contributed by atoms with Crippen molar-refractivity contribution in [1.29, 1.82) is 0 Å². The highest BCUT2D eigenvalue weighted by Gasteiger charge is 2.31. The molecule has 0 spiro atoms. The summed E-state index contributed by atoms with van der Waals surface area (Å²) in [6, 6.07) is 7.40. The van der Waals surface area contributed by atoms with Crippen LogP contribution in [0.1, 0.15) is 36.9 Å². The van der Waals surface area contributed by atoms with Crippen LogP contribution in [0.2, 0.25) is 0 Å². The van der Waals surface area contributed by atoms with Gasteiger partial charge in [0.1, 0.15) is 0 Å². The fourth-order valence-corrected chi connectivity index (χ4v) is 3.76. The highest BCUT2D eigenvalue weighted by Crippen LogP contribution is 2.30. The third-order valence-corrected chi connectivity index (χ3v) is 4.95. The van der Waals surface area contributed by atoms with E-state index in [4.69, 9.17) is 0 Å². The van der Waals surface area contributed by atoms with Gasteiger partial charge in [-0.1, -0.05) is 31.2 Å². The second-order valence-electron chi connectivity index (χ2n) is 6.90. The number of amides is 2. The lowest BCUT2D eigenvalue weighted by Crippen LogP contribution is -2.45. The predicted octanol–water partition coefficient (Wildman–Crippen LogP) is 1.68. The number of piperidine rings is 1. The van der Waals surface area contributed by atoms with Gasteiger partial charge in [0.25, 0.3) is 0 Å². The van der Waals surface area contributed by atoms with E-state index in [1.165, 1.54) is 12.8 Å². The topological polar surface area (TPSA) is 64.6 Å². The lowest BCUT2D eigenvalue weighted by molar-refractivity contribution is 0.141. The summed E-state index contributed by atoms with van der Waals surface area (Å²) in [6.07, 6.45) is 2.62. The average molecular weight is 317 g/mol. The molecule has 23 heavy (non-hydrogen) atoms. The van der Waals surface area contributed by atoms with E-state index >= 15 is 0 Å². The third kappa shape index (κ3) is 4.03. The van der Waals surface area contributed by atoms with Crippen LogP contribution < -0.4 is 10.6 Å². The van der Waals surface area contributed by atoms with E-state index in [9.17, 15) is 9.90 Å². The minimum Gasteiger partial charge on any atom is -0.390 e. The van der Waals surface area contributed by atoms with Crippen LogP contribution in [0.3, 0.4) is 0 Å². The molecule has 0 bridgehead atoms. The summed E-state index contributed by atoms with van der Waals surface area (Å²) in [6.45, 7) is 6.07. The zero-order valence-electron chi connectivity index (χ0n) is 13.8. The number of likely N-dealkylation sites (tertiary alicyclic amines) is 1. The van der Waals surface area contributed by atoms with Crippen LogP contribution in [0, 0.1) is 5.92 Å². The molecule has 3 atom stereocenters. The van der Waals surface area contributed by atoms with Crippen molar-refractivity contribution in [2.75, 3.05) is 26.2 Å². The molecule has 1 saturated heterocycles. The van der Waals surface area contributed by atoms with Gasteiger partial charge in [0.15, 0.2) is 0 Å². The zero-order valence-corrected chi connectivity index (χ0v) is 13.8. The SMILES string of the molecule is CC1CCCN(CCNC(=O)NC2c3ccccc3CC2O)C1. The van der Waals surface area contributed by atoms with Crippen molar-refractivity contribution in [3.05, 3.63) is 35.4 Å². The standard InChI is InChI=1S/C18H27N3O2/c1-13-5-4-9-21(12-13)10-8-19-18(23)20-17-15-7-3-2-6-14(15)11-16(17)22/h2-3,6-7,13,16-17,22H,4-5,8-12H2,1H3,(H2,19,20,23). The first-order chi connectivity index (χ1) is 11.1. The number of aliphatic hydroxyl groups is 1. The number of carbonyl (C=O) groups is 1. The molecule has 1 aromatic carbocycles. The van der Waals surface area contributed by atoms with E-state index in [0.29, 0.717) is 13.0 Å². The molecule has 3 rings (SSSR count). The van der Waals surface area contributed by atoms with Crippen LogP contribution in [-0.2, 0) is 6.42 Å². The van der Waals surface area contributed by atoms with Crippen LogP contribution in [0.4, 0.5) is 4.79 Å². The number of hydrogen-bond acceptors (Lipinski definition) is 3. The van der Waals surface area contributed by atoms with Crippen molar-refractivity contribution >= 4 is 6.03 Å². The van der Waals surface area contributed by atoms with Crippen molar-refractivity contribution in [2.45, 2.75) is 38.3 Å². The minimum absolute atomic E-state index is 0.198. The van der Waals surface area contributed by atoms with Crippen molar-refractivity contribution < 1.29 is 9.90 Å². The number of carbonyl (C=O) groups excluding carboxylic acids is 1. The highest BCUT2D eigenvalue weighted by molar-refractivity contribution is 5.74. The number of fused-ring (bicyclic) bond motifs is 1. The Labute approximate surface area is 138 Å². The molecule has 3 N–H and O–H groups in total. The lowest BCUT2D eigenvalue weighted by atomic mass is 10.0. The Hall–Kier alpha value is -1.59. The Morgan fingerprint density at radius 3 is 3.04 bits per heavy atom. The van der Waals surface area contributed by atoms with Crippen LogP contribution >= 0.6 is 0 Å². The first-order valence-corrected chi connectivity index (χ1v) is 8.66. The summed E-state index contributed by atoms with van der Waals surface area (Å²) >= 11 is 0. The first kappa shape index (κ1) is 16.3. The molecular formula is C18H27N3O2. The molecule has 0 radical (unpaired) electrons. The third-order valence-electron chi connectivity index (χ3n) is 4.95. The Kier molecular flexibility index (Phi) is 5.18. The normalized spacial score (nSPS) is 27.5. The number of aliphatic hydroxyl groups excluding tert-OH is 1. The molecule has 0 saturated carbocycles. The van der Waals surface area contributed by atoms with Crippen molar-refractivity contribution in [3.63, 3.8) is 0 Å². The molecular weight excluding hydrogens is 290 g/mol. The Morgan fingerprint density at radius 2 is 2.22 bits per heavy atom. The van der Waals surface area contributed by atoms with Crippen LogP contribution in [0.25, 0.3) is 0 Å². The minimum atomic E-state index is -0.541. The number of hydrogen-bond donors (Lipinski definition) is 3. The Balaban J connectivity index is 1.45. The van der Waals surface area contributed by atoms with E-state index in [1.54, 1.807) is 0 Å². The van der Waals surface area contributed by atoms with Gasteiger partial charge in [0, 0.05) is 26.1 Å². The molecule has 2 amide bonds. The van der Waals surface area contributed by atoms with Gasteiger partial charge in [-0.25, -0.2) is 4.79 Å². The summed E-state index contributed by atoms with van der Waals surface area (Å²) in [5, 5.41) is 16.0. The van der Waals surface area contributed by atoms with Crippen LogP contribution in [0.15, 0.2) is 24.3 Å². The second-order valence-corrected chi connectivity index (χ2v) is 6.90. The highest BCUT2D eigenvalue weighted by atomic mass is 16.3. The summed E-state index contributed by atoms with van der Waals surface area (Å²) < 4.78 is 0. The molecule has 1 fully saturated rings. The van der Waals surface area contributed by atoms with Gasteiger partial charge in [0.2, 0.25) is 0 Å².